The van der Waals surface area contributed by atoms with E-state index in [1.807, 2.05) is 0 Å². The standard InChI is InChI=1S/C65H53NO/c1-62(2,3)42-30-36-57-49(38-42)59-58(67-57)37-35-54-61(59)60-53(64(54,6)7)26-17-27-56(60)66(44-33-34-48-45-20-11-14-23-50(45)63(4,5)55(48)39-44)43-31-28-41(29-32-43)65(40-18-9-8-10-19-40)51-24-15-12-21-46(51)47-22-13-16-25-52(47)65/h8-39H,1-7H3. The molecule has 0 saturated carbocycles. The van der Waals surface area contributed by atoms with Crippen LogP contribution in [0.5, 0.6) is 0 Å². The molecule has 1 aromatic heterocycles. The van der Waals surface area contributed by atoms with E-state index in [0.717, 1.165) is 28.2 Å². The van der Waals surface area contributed by atoms with Gasteiger partial charge in [0.25, 0.3) is 0 Å². The summed E-state index contributed by atoms with van der Waals surface area (Å²) in [6.07, 6.45) is 0. The van der Waals surface area contributed by atoms with Crippen LogP contribution in [0.3, 0.4) is 0 Å². The van der Waals surface area contributed by atoms with E-state index in [2.05, 4.69) is 247 Å². The predicted molar refractivity (Wildman–Crippen MR) is 280 cm³/mol. The van der Waals surface area contributed by atoms with Gasteiger partial charge in [-0.05, 0) is 132 Å². The Bertz CT molecular complexity index is 3620. The second-order valence-corrected chi connectivity index (χ2v) is 21.2. The Balaban J connectivity index is 1.08. The van der Waals surface area contributed by atoms with Crippen molar-refractivity contribution in [3.8, 4) is 33.4 Å². The average molecular weight is 864 g/mol. The minimum Gasteiger partial charge on any atom is -0.456 e. The maximum Gasteiger partial charge on any atom is 0.136 e. The smallest absolute Gasteiger partial charge is 0.136 e. The van der Waals surface area contributed by atoms with Gasteiger partial charge < -0.3 is 9.32 Å². The fraction of sp³-hybridized carbons (Fsp3) is 0.169. The quantitative estimate of drug-likeness (QED) is 0.171. The molecule has 0 fully saturated rings. The Hall–Kier alpha value is -7.42. The molecule has 13 rings (SSSR count). The van der Waals surface area contributed by atoms with E-state index >= 15 is 0 Å². The molecule has 0 bridgehead atoms. The van der Waals surface area contributed by atoms with Crippen molar-refractivity contribution in [3.63, 3.8) is 0 Å². The van der Waals surface area contributed by atoms with Crippen LogP contribution in [-0.4, -0.2) is 0 Å². The van der Waals surface area contributed by atoms with Crippen LogP contribution in [-0.2, 0) is 21.7 Å². The Morgan fingerprint density at radius 2 is 0.940 bits per heavy atom. The van der Waals surface area contributed by atoms with Gasteiger partial charge >= 0.3 is 0 Å². The lowest BCUT2D eigenvalue weighted by Gasteiger charge is -2.35. The SMILES string of the molecule is CC(C)(C)c1ccc2oc3ccc4c(c3c2c1)-c1c(N(c2ccc(C3(c5ccccc5)c5ccccc5-c5ccccc53)cc2)c2ccc3c(c2)C(C)(C)c2ccccc2-3)cccc1C4(C)C. The fourth-order valence-electron chi connectivity index (χ4n) is 12.6. The highest BCUT2D eigenvalue weighted by atomic mass is 16.3. The summed E-state index contributed by atoms with van der Waals surface area (Å²) in [5.41, 5.74) is 24.0. The first kappa shape index (κ1) is 39.9. The lowest BCUT2D eigenvalue weighted by Crippen LogP contribution is -2.28. The lowest BCUT2D eigenvalue weighted by atomic mass is 9.68. The van der Waals surface area contributed by atoms with E-state index in [-0.39, 0.29) is 16.2 Å². The van der Waals surface area contributed by atoms with Crippen LogP contribution in [0.25, 0.3) is 55.3 Å². The van der Waals surface area contributed by atoms with Gasteiger partial charge in [-0.2, -0.15) is 0 Å². The summed E-state index contributed by atoms with van der Waals surface area (Å²) < 4.78 is 6.75. The molecular weight excluding hydrogens is 811 g/mol. The zero-order valence-electron chi connectivity index (χ0n) is 39.3. The molecule has 2 heteroatoms. The van der Waals surface area contributed by atoms with E-state index in [9.17, 15) is 0 Å². The number of rotatable bonds is 5. The normalized spacial score (nSPS) is 15.4. The van der Waals surface area contributed by atoms with Gasteiger partial charge in [0.1, 0.15) is 11.2 Å². The first-order valence-electron chi connectivity index (χ1n) is 23.9. The van der Waals surface area contributed by atoms with Crippen molar-refractivity contribution < 1.29 is 4.42 Å². The number of benzene rings is 9. The maximum absolute atomic E-state index is 6.75. The molecule has 3 aliphatic rings. The number of anilines is 3. The highest BCUT2D eigenvalue weighted by Crippen LogP contribution is 2.60. The van der Waals surface area contributed by atoms with Gasteiger partial charge in [-0.25, -0.2) is 0 Å². The van der Waals surface area contributed by atoms with Crippen molar-refractivity contribution in [2.45, 2.75) is 70.1 Å². The van der Waals surface area contributed by atoms with Crippen LogP contribution in [0.4, 0.5) is 17.1 Å². The van der Waals surface area contributed by atoms with Gasteiger partial charge in [-0.15, -0.1) is 0 Å². The number of furan rings is 1. The largest absolute Gasteiger partial charge is 0.456 e. The van der Waals surface area contributed by atoms with Gasteiger partial charge in [-0.3, -0.25) is 0 Å². The molecule has 0 amide bonds. The van der Waals surface area contributed by atoms with Crippen LogP contribution in [0.15, 0.2) is 199 Å². The molecule has 1 heterocycles. The first-order chi connectivity index (χ1) is 32.4. The Kier molecular flexibility index (Phi) is 8.23. The van der Waals surface area contributed by atoms with Crippen LogP contribution in [0, 0.1) is 0 Å². The molecular formula is C65H53NO. The fourth-order valence-corrected chi connectivity index (χ4v) is 12.6. The van der Waals surface area contributed by atoms with Gasteiger partial charge in [0.2, 0.25) is 0 Å². The van der Waals surface area contributed by atoms with E-state index in [1.165, 1.54) is 94.2 Å². The van der Waals surface area contributed by atoms with Crippen LogP contribution in [0.2, 0.25) is 0 Å². The van der Waals surface area contributed by atoms with Gasteiger partial charge in [0.05, 0.1) is 11.1 Å². The molecule has 0 atom stereocenters. The second-order valence-electron chi connectivity index (χ2n) is 21.2. The summed E-state index contributed by atoms with van der Waals surface area (Å²) in [6, 6.07) is 73.1. The third kappa shape index (κ3) is 5.39. The van der Waals surface area contributed by atoms with Crippen molar-refractivity contribution in [1.82, 2.24) is 0 Å². The summed E-state index contributed by atoms with van der Waals surface area (Å²) in [6.45, 7) is 16.4. The van der Waals surface area contributed by atoms with Gasteiger partial charge in [0, 0.05) is 38.5 Å². The Morgan fingerprint density at radius 1 is 0.403 bits per heavy atom. The van der Waals surface area contributed by atoms with Crippen molar-refractivity contribution >= 4 is 39.0 Å². The first-order valence-corrected chi connectivity index (χ1v) is 23.9. The van der Waals surface area contributed by atoms with E-state index < -0.39 is 5.41 Å². The zero-order valence-corrected chi connectivity index (χ0v) is 39.3. The van der Waals surface area contributed by atoms with Gasteiger partial charge in [0.15, 0.2) is 0 Å². The summed E-state index contributed by atoms with van der Waals surface area (Å²) >= 11 is 0. The molecule has 0 radical (unpaired) electrons. The molecule has 3 aliphatic carbocycles. The molecule has 2 nitrogen and oxygen atoms in total. The molecule has 0 spiro atoms. The molecule has 0 aliphatic heterocycles. The minimum absolute atomic E-state index is 0.0101. The van der Waals surface area contributed by atoms with Crippen LogP contribution < -0.4 is 4.90 Å². The summed E-state index contributed by atoms with van der Waals surface area (Å²) in [5.74, 6) is 0. The molecule has 0 saturated heterocycles. The number of fused-ring (bicyclic) bond motifs is 13. The monoisotopic (exact) mass is 863 g/mol. The van der Waals surface area contributed by atoms with Crippen molar-refractivity contribution in [3.05, 3.63) is 244 Å². The lowest BCUT2D eigenvalue weighted by molar-refractivity contribution is 0.590. The third-order valence-corrected chi connectivity index (χ3v) is 15.9. The molecule has 0 N–H and O–H groups in total. The highest BCUT2D eigenvalue weighted by Gasteiger charge is 2.46. The van der Waals surface area contributed by atoms with Crippen molar-refractivity contribution in [2.24, 2.45) is 0 Å². The Morgan fingerprint density at radius 3 is 1.63 bits per heavy atom. The maximum atomic E-state index is 6.75. The third-order valence-electron chi connectivity index (χ3n) is 15.9. The second kappa shape index (κ2) is 13.8. The predicted octanol–water partition coefficient (Wildman–Crippen LogP) is 17.3. The number of hydrogen-bond donors (Lipinski definition) is 0. The number of hydrogen-bond acceptors (Lipinski definition) is 2. The van der Waals surface area contributed by atoms with E-state index in [1.54, 1.807) is 0 Å². The molecule has 324 valence electrons. The Labute approximate surface area is 394 Å². The average Bonchev–Trinajstić information content (AvgIpc) is 4.01. The summed E-state index contributed by atoms with van der Waals surface area (Å²) in [7, 11) is 0. The van der Waals surface area contributed by atoms with Gasteiger partial charge in [-0.1, -0.05) is 194 Å². The molecule has 67 heavy (non-hydrogen) atoms. The van der Waals surface area contributed by atoms with Crippen LogP contribution in [0.1, 0.15) is 98.5 Å². The topological polar surface area (TPSA) is 16.4 Å². The van der Waals surface area contributed by atoms with Crippen molar-refractivity contribution in [1.29, 1.82) is 0 Å². The molecule has 9 aromatic carbocycles. The van der Waals surface area contributed by atoms with Crippen LogP contribution >= 0.6 is 0 Å². The van der Waals surface area contributed by atoms with E-state index in [0.29, 0.717) is 0 Å². The zero-order chi connectivity index (χ0) is 45.6. The minimum atomic E-state index is -0.488. The number of nitrogens with zero attached hydrogens (tertiary/aromatic N) is 1. The van der Waals surface area contributed by atoms with Crippen molar-refractivity contribution in [2.75, 3.05) is 4.90 Å². The summed E-state index contributed by atoms with van der Waals surface area (Å²) in [4.78, 5) is 2.54. The highest BCUT2D eigenvalue weighted by molar-refractivity contribution is 6.17. The molecule has 0 unspecified atom stereocenters. The van der Waals surface area contributed by atoms with E-state index in [4.69, 9.17) is 4.42 Å². The summed E-state index contributed by atoms with van der Waals surface area (Å²) in [5, 5.41) is 2.37. The molecule has 10 aromatic rings.